The van der Waals surface area contributed by atoms with Gasteiger partial charge in [-0.25, -0.2) is 0 Å². The van der Waals surface area contributed by atoms with E-state index in [2.05, 4.69) is 20.9 Å². The summed E-state index contributed by atoms with van der Waals surface area (Å²) in [5.41, 5.74) is 2.00. The average molecular weight is 268 g/mol. The van der Waals surface area contributed by atoms with E-state index in [1.807, 2.05) is 24.3 Å². The average Bonchev–Trinajstić information content (AvgIpc) is 2.56. The minimum Gasteiger partial charge on any atom is -0.481 e. The summed E-state index contributed by atoms with van der Waals surface area (Å²) >= 11 is 3.40. The summed E-state index contributed by atoms with van der Waals surface area (Å²) in [6.07, 6.45) is 0.704. The van der Waals surface area contributed by atoms with E-state index in [0.29, 0.717) is 6.42 Å². The number of aromatic amines is 1. The smallest absolute Gasteiger partial charge is 0.303 e. The van der Waals surface area contributed by atoms with Gasteiger partial charge in [0.25, 0.3) is 0 Å². The van der Waals surface area contributed by atoms with Gasteiger partial charge in [-0.1, -0.05) is 15.9 Å². The summed E-state index contributed by atoms with van der Waals surface area (Å²) < 4.78 is 1.03. The van der Waals surface area contributed by atoms with Crippen molar-refractivity contribution in [2.75, 3.05) is 0 Å². The molecule has 1 aromatic heterocycles. The first kappa shape index (κ1) is 10.2. The van der Waals surface area contributed by atoms with Gasteiger partial charge in [-0.15, -0.1) is 0 Å². The standard InChI is InChI=1S/C11H10BrNO2/c12-8-1-3-10-7(5-8)6-9(13-10)2-4-11(14)15/h1,3,5-6,13H,2,4H2,(H,14,15). The van der Waals surface area contributed by atoms with Gasteiger partial charge >= 0.3 is 5.97 Å². The zero-order valence-corrected chi connectivity index (χ0v) is 9.54. The highest BCUT2D eigenvalue weighted by Crippen LogP contribution is 2.20. The Bertz CT molecular complexity index is 504. The van der Waals surface area contributed by atoms with Crippen molar-refractivity contribution in [3.05, 3.63) is 34.4 Å². The molecule has 3 nitrogen and oxygen atoms in total. The van der Waals surface area contributed by atoms with Crippen LogP contribution in [0, 0.1) is 0 Å². The van der Waals surface area contributed by atoms with E-state index < -0.39 is 5.97 Å². The van der Waals surface area contributed by atoms with Crippen LogP contribution in [0.2, 0.25) is 0 Å². The fourth-order valence-corrected chi connectivity index (χ4v) is 1.92. The van der Waals surface area contributed by atoms with Crippen LogP contribution in [0.5, 0.6) is 0 Å². The number of carbonyl (C=O) groups is 1. The number of H-pyrrole nitrogens is 1. The summed E-state index contributed by atoms with van der Waals surface area (Å²) in [5.74, 6) is -0.769. The number of halogens is 1. The number of hydrogen-bond donors (Lipinski definition) is 2. The van der Waals surface area contributed by atoms with E-state index in [4.69, 9.17) is 5.11 Å². The molecule has 0 aliphatic rings. The molecule has 0 saturated carbocycles. The number of carboxylic acid groups (broad SMARTS) is 1. The lowest BCUT2D eigenvalue weighted by Crippen LogP contribution is -1.97. The Morgan fingerprint density at radius 2 is 2.20 bits per heavy atom. The van der Waals surface area contributed by atoms with E-state index >= 15 is 0 Å². The van der Waals surface area contributed by atoms with Crippen molar-refractivity contribution in [2.24, 2.45) is 0 Å². The van der Waals surface area contributed by atoms with Gasteiger partial charge in [0, 0.05) is 21.1 Å². The molecule has 0 bridgehead atoms. The van der Waals surface area contributed by atoms with E-state index in [1.54, 1.807) is 0 Å². The summed E-state index contributed by atoms with van der Waals surface area (Å²) in [4.78, 5) is 13.6. The van der Waals surface area contributed by atoms with Crippen LogP contribution in [-0.2, 0) is 11.2 Å². The highest BCUT2D eigenvalue weighted by molar-refractivity contribution is 9.10. The maximum absolute atomic E-state index is 10.4. The number of benzene rings is 1. The summed E-state index contributed by atoms with van der Waals surface area (Å²) in [5, 5.41) is 9.67. The molecular weight excluding hydrogens is 258 g/mol. The number of aliphatic carboxylic acids is 1. The van der Waals surface area contributed by atoms with Gasteiger partial charge in [-0.05, 0) is 30.7 Å². The molecule has 0 atom stereocenters. The van der Waals surface area contributed by atoms with Crippen LogP contribution in [0.25, 0.3) is 10.9 Å². The fraction of sp³-hybridized carbons (Fsp3) is 0.182. The quantitative estimate of drug-likeness (QED) is 0.899. The van der Waals surface area contributed by atoms with Crippen LogP contribution >= 0.6 is 15.9 Å². The first-order valence-corrected chi connectivity index (χ1v) is 5.43. The second-order valence-electron chi connectivity index (χ2n) is 3.42. The maximum atomic E-state index is 10.4. The first-order valence-electron chi connectivity index (χ1n) is 4.64. The highest BCUT2D eigenvalue weighted by atomic mass is 79.9. The number of carboxylic acids is 1. The van der Waals surface area contributed by atoms with Crippen molar-refractivity contribution in [3.63, 3.8) is 0 Å². The third-order valence-corrected chi connectivity index (χ3v) is 2.74. The van der Waals surface area contributed by atoms with Crippen LogP contribution in [0.4, 0.5) is 0 Å². The Hall–Kier alpha value is -1.29. The Kier molecular flexibility index (Phi) is 2.77. The van der Waals surface area contributed by atoms with Gasteiger partial charge in [-0.3, -0.25) is 4.79 Å². The monoisotopic (exact) mass is 267 g/mol. The molecule has 1 aromatic carbocycles. The van der Waals surface area contributed by atoms with Gasteiger partial charge in [0.15, 0.2) is 0 Å². The molecule has 0 unspecified atom stereocenters. The Morgan fingerprint density at radius 3 is 2.93 bits per heavy atom. The molecule has 0 radical (unpaired) electrons. The van der Waals surface area contributed by atoms with Crippen molar-refractivity contribution < 1.29 is 9.90 Å². The Balaban J connectivity index is 2.27. The van der Waals surface area contributed by atoms with Gasteiger partial charge in [-0.2, -0.15) is 0 Å². The molecule has 2 aromatic rings. The van der Waals surface area contributed by atoms with Crippen molar-refractivity contribution in [2.45, 2.75) is 12.8 Å². The second-order valence-corrected chi connectivity index (χ2v) is 4.34. The fourth-order valence-electron chi connectivity index (χ4n) is 1.54. The lowest BCUT2D eigenvalue weighted by molar-refractivity contribution is -0.136. The van der Waals surface area contributed by atoms with E-state index in [9.17, 15) is 4.79 Å². The number of aromatic nitrogens is 1. The van der Waals surface area contributed by atoms with E-state index in [1.165, 1.54) is 0 Å². The highest BCUT2D eigenvalue weighted by Gasteiger charge is 2.03. The lowest BCUT2D eigenvalue weighted by Gasteiger charge is -1.91. The van der Waals surface area contributed by atoms with Crippen LogP contribution in [0.15, 0.2) is 28.7 Å². The molecule has 0 spiro atoms. The van der Waals surface area contributed by atoms with Crippen molar-refractivity contribution in [1.82, 2.24) is 4.98 Å². The van der Waals surface area contributed by atoms with Crippen LogP contribution < -0.4 is 0 Å². The van der Waals surface area contributed by atoms with Crippen LogP contribution in [-0.4, -0.2) is 16.1 Å². The topological polar surface area (TPSA) is 53.1 Å². The molecule has 0 fully saturated rings. The zero-order valence-electron chi connectivity index (χ0n) is 7.96. The SMILES string of the molecule is O=C(O)CCc1cc2cc(Br)ccc2[nH]1. The molecule has 15 heavy (non-hydrogen) atoms. The molecule has 2 rings (SSSR count). The number of nitrogens with one attached hydrogen (secondary N) is 1. The number of rotatable bonds is 3. The number of hydrogen-bond acceptors (Lipinski definition) is 1. The van der Waals surface area contributed by atoms with E-state index in [-0.39, 0.29) is 6.42 Å². The molecule has 0 aliphatic heterocycles. The van der Waals surface area contributed by atoms with Crippen LogP contribution in [0.3, 0.4) is 0 Å². The Labute approximate surface area is 95.2 Å². The van der Waals surface area contributed by atoms with Crippen molar-refractivity contribution in [1.29, 1.82) is 0 Å². The first-order chi connectivity index (χ1) is 7.15. The predicted octanol–water partition coefficient (Wildman–Crippen LogP) is 2.95. The third kappa shape index (κ3) is 2.39. The minimum atomic E-state index is -0.769. The van der Waals surface area contributed by atoms with Crippen molar-refractivity contribution >= 4 is 32.8 Å². The largest absolute Gasteiger partial charge is 0.481 e. The molecule has 0 saturated heterocycles. The van der Waals surface area contributed by atoms with Gasteiger partial charge in [0.1, 0.15) is 0 Å². The normalized spacial score (nSPS) is 10.7. The van der Waals surface area contributed by atoms with Gasteiger partial charge in [0.2, 0.25) is 0 Å². The summed E-state index contributed by atoms with van der Waals surface area (Å²) in [6.45, 7) is 0. The molecule has 1 heterocycles. The maximum Gasteiger partial charge on any atom is 0.303 e. The lowest BCUT2D eigenvalue weighted by atomic mass is 10.2. The number of fused-ring (bicyclic) bond motifs is 1. The molecule has 78 valence electrons. The number of aryl methyl sites for hydroxylation is 1. The van der Waals surface area contributed by atoms with Gasteiger partial charge in [0.05, 0.1) is 6.42 Å². The molecule has 0 aliphatic carbocycles. The summed E-state index contributed by atoms with van der Waals surface area (Å²) in [7, 11) is 0. The predicted molar refractivity (Wildman–Crippen MR) is 62.0 cm³/mol. The Morgan fingerprint density at radius 1 is 1.40 bits per heavy atom. The molecule has 0 amide bonds. The van der Waals surface area contributed by atoms with Crippen molar-refractivity contribution in [3.8, 4) is 0 Å². The molecule has 4 heteroatoms. The minimum absolute atomic E-state index is 0.161. The summed E-state index contributed by atoms with van der Waals surface area (Å²) in [6, 6.07) is 7.93. The molecular formula is C11H10BrNO2. The van der Waals surface area contributed by atoms with Crippen LogP contribution in [0.1, 0.15) is 12.1 Å². The molecule has 2 N–H and O–H groups in total. The van der Waals surface area contributed by atoms with E-state index in [0.717, 1.165) is 21.1 Å². The second kappa shape index (κ2) is 4.06. The zero-order chi connectivity index (χ0) is 10.8. The van der Waals surface area contributed by atoms with Gasteiger partial charge < -0.3 is 10.1 Å². The third-order valence-electron chi connectivity index (χ3n) is 2.25.